The molecule has 0 atom stereocenters. The van der Waals surface area contributed by atoms with Crippen molar-refractivity contribution in [1.29, 1.82) is 5.41 Å². The molecule has 0 aliphatic heterocycles. The summed E-state index contributed by atoms with van der Waals surface area (Å²) < 4.78 is 11.2. The van der Waals surface area contributed by atoms with Gasteiger partial charge in [-0.2, -0.15) is 0 Å². The number of nitrogens with two attached hydrogens (primary N) is 1. The maximum Gasteiger partial charge on any atom is 0.138 e. The predicted octanol–water partition coefficient (Wildman–Crippen LogP) is 3.16. The molecule has 0 aliphatic carbocycles. The fraction of sp³-hybridized carbons (Fsp3) is 0.133. The molecule has 2 aromatic rings. The molecule has 0 radical (unpaired) electrons. The summed E-state index contributed by atoms with van der Waals surface area (Å²) >= 11 is 0. The van der Waals surface area contributed by atoms with Crippen LogP contribution in [0.15, 0.2) is 48.5 Å². The van der Waals surface area contributed by atoms with Gasteiger partial charge in [0.25, 0.3) is 0 Å². The van der Waals surface area contributed by atoms with E-state index in [2.05, 4.69) is 0 Å². The molecule has 19 heavy (non-hydrogen) atoms. The third-order valence-electron chi connectivity index (χ3n) is 2.52. The topological polar surface area (TPSA) is 68.3 Å². The van der Waals surface area contributed by atoms with Crippen molar-refractivity contribution in [3.63, 3.8) is 0 Å². The lowest BCUT2D eigenvalue weighted by molar-refractivity contribution is 0.338. The normalized spacial score (nSPS) is 9.95. The SMILES string of the molecule is CCOc1cccc(Oc2ccccc2C(=N)N)c1. The minimum atomic E-state index is -0.0171. The zero-order valence-corrected chi connectivity index (χ0v) is 10.7. The first kappa shape index (κ1) is 13.0. The predicted molar refractivity (Wildman–Crippen MR) is 75.1 cm³/mol. The first-order valence-corrected chi connectivity index (χ1v) is 6.05. The van der Waals surface area contributed by atoms with Gasteiger partial charge in [0.05, 0.1) is 12.2 Å². The molecule has 4 nitrogen and oxygen atoms in total. The average molecular weight is 256 g/mol. The van der Waals surface area contributed by atoms with E-state index >= 15 is 0 Å². The number of nitrogen functional groups attached to an aromatic ring is 1. The van der Waals surface area contributed by atoms with Crippen molar-refractivity contribution in [2.75, 3.05) is 6.61 Å². The summed E-state index contributed by atoms with van der Waals surface area (Å²) in [7, 11) is 0. The first-order chi connectivity index (χ1) is 9.20. The van der Waals surface area contributed by atoms with Gasteiger partial charge in [0.15, 0.2) is 0 Å². The Morgan fingerprint density at radius 1 is 1.11 bits per heavy atom. The second-order valence-corrected chi connectivity index (χ2v) is 3.92. The molecular weight excluding hydrogens is 240 g/mol. The average Bonchev–Trinajstić information content (AvgIpc) is 2.40. The molecule has 0 fully saturated rings. The minimum Gasteiger partial charge on any atom is -0.494 e. The molecule has 0 saturated heterocycles. The van der Waals surface area contributed by atoms with E-state index in [1.165, 1.54) is 0 Å². The van der Waals surface area contributed by atoms with Crippen LogP contribution in [0.25, 0.3) is 0 Å². The molecule has 0 saturated carbocycles. The van der Waals surface area contributed by atoms with Crippen molar-refractivity contribution in [1.82, 2.24) is 0 Å². The van der Waals surface area contributed by atoms with E-state index in [0.717, 1.165) is 5.75 Å². The molecule has 0 bridgehead atoms. The molecular formula is C15H16N2O2. The van der Waals surface area contributed by atoms with E-state index in [4.69, 9.17) is 20.6 Å². The van der Waals surface area contributed by atoms with Crippen LogP contribution in [0.5, 0.6) is 17.2 Å². The Hall–Kier alpha value is -2.49. The van der Waals surface area contributed by atoms with Crippen LogP contribution in [0.4, 0.5) is 0 Å². The fourth-order valence-corrected chi connectivity index (χ4v) is 1.70. The lowest BCUT2D eigenvalue weighted by Crippen LogP contribution is -2.12. The molecule has 0 heterocycles. The Morgan fingerprint density at radius 2 is 1.84 bits per heavy atom. The summed E-state index contributed by atoms with van der Waals surface area (Å²) in [5.41, 5.74) is 6.10. The van der Waals surface area contributed by atoms with E-state index in [1.54, 1.807) is 18.2 Å². The third kappa shape index (κ3) is 3.25. The number of hydrogen-bond donors (Lipinski definition) is 2. The van der Waals surface area contributed by atoms with E-state index in [9.17, 15) is 0 Å². The highest BCUT2D eigenvalue weighted by molar-refractivity contribution is 5.97. The monoisotopic (exact) mass is 256 g/mol. The van der Waals surface area contributed by atoms with Gasteiger partial charge in [-0.05, 0) is 31.2 Å². The van der Waals surface area contributed by atoms with Crippen molar-refractivity contribution in [2.45, 2.75) is 6.92 Å². The van der Waals surface area contributed by atoms with E-state index in [1.807, 2.05) is 37.3 Å². The number of benzene rings is 2. The Morgan fingerprint density at radius 3 is 2.58 bits per heavy atom. The number of para-hydroxylation sites is 1. The highest BCUT2D eigenvalue weighted by Gasteiger charge is 2.07. The standard InChI is InChI=1S/C15H16N2O2/c1-2-18-11-6-5-7-12(10-11)19-14-9-4-3-8-13(14)15(16)17/h3-10H,2H2,1H3,(H3,16,17). The van der Waals surface area contributed by atoms with E-state index in [-0.39, 0.29) is 5.84 Å². The maximum atomic E-state index is 7.52. The molecule has 98 valence electrons. The second kappa shape index (κ2) is 5.91. The molecule has 2 aromatic carbocycles. The lowest BCUT2D eigenvalue weighted by Gasteiger charge is -2.11. The van der Waals surface area contributed by atoms with Gasteiger partial charge < -0.3 is 15.2 Å². The van der Waals surface area contributed by atoms with Crippen molar-refractivity contribution >= 4 is 5.84 Å². The Bertz CT molecular complexity index is 582. The van der Waals surface area contributed by atoms with Crippen LogP contribution >= 0.6 is 0 Å². The fourth-order valence-electron chi connectivity index (χ4n) is 1.70. The third-order valence-corrected chi connectivity index (χ3v) is 2.52. The minimum absolute atomic E-state index is 0.0171. The van der Waals surface area contributed by atoms with Gasteiger partial charge in [0, 0.05) is 6.07 Å². The summed E-state index contributed by atoms with van der Waals surface area (Å²) in [5, 5.41) is 7.52. The van der Waals surface area contributed by atoms with Gasteiger partial charge >= 0.3 is 0 Å². The van der Waals surface area contributed by atoms with E-state index in [0.29, 0.717) is 23.7 Å². The molecule has 0 spiro atoms. The number of rotatable bonds is 5. The first-order valence-electron chi connectivity index (χ1n) is 6.05. The summed E-state index contributed by atoms with van der Waals surface area (Å²) in [6, 6.07) is 14.6. The number of nitrogens with one attached hydrogen (secondary N) is 1. The van der Waals surface area contributed by atoms with Crippen LogP contribution in [-0.2, 0) is 0 Å². The van der Waals surface area contributed by atoms with E-state index < -0.39 is 0 Å². The zero-order valence-electron chi connectivity index (χ0n) is 10.7. The van der Waals surface area contributed by atoms with Crippen LogP contribution in [0.3, 0.4) is 0 Å². The molecule has 2 rings (SSSR count). The van der Waals surface area contributed by atoms with Crippen molar-refractivity contribution in [2.24, 2.45) is 5.73 Å². The highest BCUT2D eigenvalue weighted by Crippen LogP contribution is 2.27. The van der Waals surface area contributed by atoms with Crippen LogP contribution < -0.4 is 15.2 Å². The quantitative estimate of drug-likeness (QED) is 0.637. The van der Waals surface area contributed by atoms with Crippen molar-refractivity contribution < 1.29 is 9.47 Å². The molecule has 4 heteroatoms. The highest BCUT2D eigenvalue weighted by atomic mass is 16.5. The smallest absolute Gasteiger partial charge is 0.138 e. The van der Waals surface area contributed by atoms with Gasteiger partial charge in [0.2, 0.25) is 0 Å². The second-order valence-electron chi connectivity index (χ2n) is 3.92. The van der Waals surface area contributed by atoms with Crippen molar-refractivity contribution in [3.8, 4) is 17.2 Å². The summed E-state index contributed by atoms with van der Waals surface area (Å²) in [6.45, 7) is 2.53. The molecule has 0 aromatic heterocycles. The molecule has 0 amide bonds. The lowest BCUT2D eigenvalue weighted by atomic mass is 10.2. The van der Waals surface area contributed by atoms with Gasteiger partial charge in [0.1, 0.15) is 23.1 Å². The van der Waals surface area contributed by atoms with Gasteiger partial charge in [-0.3, -0.25) is 5.41 Å². The molecule has 0 unspecified atom stereocenters. The van der Waals surface area contributed by atoms with Crippen molar-refractivity contribution in [3.05, 3.63) is 54.1 Å². The largest absolute Gasteiger partial charge is 0.494 e. The maximum absolute atomic E-state index is 7.52. The van der Waals surface area contributed by atoms with Crippen LogP contribution in [-0.4, -0.2) is 12.4 Å². The van der Waals surface area contributed by atoms with Crippen LogP contribution in [0, 0.1) is 5.41 Å². The molecule has 0 aliphatic rings. The zero-order chi connectivity index (χ0) is 13.7. The summed E-state index contributed by atoms with van der Waals surface area (Å²) in [4.78, 5) is 0. The van der Waals surface area contributed by atoms with Gasteiger partial charge in [-0.1, -0.05) is 18.2 Å². The van der Waals surface area contributed by atoms with Gasteiger partial charge in [-0.15, -0.1) is 0 Å². The number of amidine groups is 1. The summed E-state index contributed by atoms with van der Waals surface area (Å²) in [5.74, 6) is 1.94. The number of ether oxygens (including phenoxy) is 2. The van der Waals surface area contributed by atoms with Gasteiger partial charge in [-0.25, -0.2) is 0 Å². The Balaban J connectivity index is 2.26. The molecule has 3 N–H and O–H groups in total. The number of hydrogen-bond acceptors (Lipinski definition) is 3. The Labute approximate surface area is 112 Å². The Kier molecular flexibility index (Phi) is 4.03. The van der Waals surface area contributed by atoms with Crippen LogP contribution in [0.1, 0.15) is 12.5 Å². The van der Waals surface area contributed by atoms with Crippen LogP contribution in [0.2, 0.25) is 0 Å². The summed E-state index contributed by atoms with van der Waals surface area (Å²) in [6.07, 6.45) is 0.